The van der Waals surface area contributed by atoms with E-state index < -0.39 is 0 Å². The zero-order valence-electron chi connectivity index (χ0n) is 10.3. The normalized spacial score (nSPS) is 10.9. The smallest absolute Gasteiger partial charge is 0.172 e. The summed E-state index contributed by atoms with van der Waals surface area (Å²) in [7, 11) is 0. The molecule has 0 aliphatic carbocycles. The van der Waals surface area contributed by atoms with E-state index in [1.807, 2.05) is 28.7 Å². The van der Waals surface area contributed by atoms with Gasteiger partial charge in [-0.3, -0.25) is 4.40 Å². The lowest BCUT2D eigenvalue weighted by Crippen LogP contribution is -1.89. The van der Waals surface area contributed by atoms with Crippen molar-refractivity contribution in [2.45, 2.75) is 0 Å². The molecule has 3 heterocycles. The summed E-state index contributed by atoms with van der Waals surface area (Å²) in [6, 6.07) is 13.3. The van der Waals surface area contributed by atoms with E-state index in [0.717, 1.165) is 16.5 Å². The lowest BCUT2D eigenvalue weighted by molar-refractivity contribution is 0.616. The van der Waals surface area contributed by atoms with Crippen LogP contribution in [0, 0.1) is 11.3 Å². The SMILES string of the molecule is N#Cc1ccn2c(-c3coc4ccccc34)nnc2c1. The van der Waals surface area contributed by atoms with Crippen molar-refractivity contribution < 1.29 is 4.42 Å². The van der Waals surface area contributed by atoms with Gasteiger partial charge in [-0.05, 0) is 12.1 Å². The number of hydrogen-bond donors (Lipinski definition) is 0. The summed E-state index contributed by atoms with van der Waals surface area (Å²) in [5.74, 6) is 0.703. The summed E-state index contributed by atoms with van der Waals surface area (Å²) in [5.41, 5.74) is 2.91. The fraction of sp³-hybridized carbons (Fsp3) is 0. The van der Waals surface area contributed by atoms with E-state index in [0.29, 0.717) is 17.0 Å². The van der Waals surface area contributed by atoms with Crippen LogP contribution >= 0.6 is 0 Å². The maximum absolute atomic E-state index is 8.91. The Bertz CT molecular complexity index is 974. The molecular formula is C15H8N4O. The molecular weight excluding hydrogens is 252 g/mol. The first-order chi connectivity index (χ1) is 9.86. The fourth-order valence-corrected chi connectivity index (χ4v) is 2.30. The van der Waals surface area contributed by atoms with Gasteiger partial charge in [0.1, 0.15) is 11.8 Å². The minimum absolute atomic E-state index is 0.563. The quantitative estimate of drug-likeness (QED) is 0.527. The molecule has 0 spiro atoms. The molecule has 0 amide bonds. The van der Waals surface area contributed by atoms with Gasteiger partial charge in [-0.2, -0.15) is 5.26 Å². The van der Waals surface area contributed by atoms with Crippen molar-refractivity contribution in [1.82, 2.24) is 14.6 Å². The molecule has 4 rings (SSSR count). The van der Waals surface area contributed by atoms with Crippen molar-refractivity contribution in [2.75, 3.05) is 0 Å². The molecule has 0 radical (unpaired) electrons. The number of nitrogens with zero attached hydrogens (tertiary/aromatic N) is 4. The molecule has 0 aliphatic heterocycles. The highest BCUT2D eigenvalue weighted by molar-refractivity contribution is 5.92. The molecule has 0 aliphatic rings. The third kappa shape index (κ3) is 1.42. The van der Waals surface area contributed by atoms with Crippen molar-refractivity contribution in [3.05, 3.63) is 54.4 Å². The molecule has 5 heteroatoms. The Labute approximate surface area is 113 Å². The van der Waals surface area contributed by atoms with Crippen molar-refractivity contribution >= 4 is 16.6 Å². The molecule has 0 saturated heterocycles. The zero-order chi connectivity index (χ0) is 13.5. The predicted molar refractivity (Wildman–Crippen MR) is 72.9 cm³/mol. The van der Waals surface area contributed by atoms with Crippen molar-refractivity contribution in [3.63, 3.8) is 0 Å². The van der Waals surface area contributed by atoms with Crippen LogP contribution in [-0.4, -0.2) is 14.6 Å². The average molecular weight is 260 g/mol. The average Bonchev–Trinajstić information content (AvgIpc) is 3.09. The van der Waals surface area contributed by atoms with E-state index in [2.05, 4.69) is 16.3 Å². The topological polar surface area (TPSA) is 67.1 Å². The Morgan fingerprint density at radius 2 is 2.05 bits per heavy atom. The van der Waals surface area contributed by atoms with E-state index >= 15 is 0 Å². The van der Waals surface area contributed by atoms with E-state index in [9.17, 15) is 0 Å². The Morgan fingerprint density at radius 1 is 1.15 bits per heavy atom. The van der Waals surface area contributed by atoms with Crippen LogP contribution in [0.15, 0.2) is 53.3 Å². The summed E-state index contributed by atoms with van der Waals surface area (Å²) < 4.78 is 7.38. The van der Waals surface area contributed by atoms with Gasteiger partial charge >= 0.3 is 0 Å². The molecule has 5 nitrogen and oxygen atoms in total. The van der Waals surface area contributed by atoms with Gasteiger partial charge in [0.15, 0.2) is 11.5 Å². The second-order valence-corrected chi connectivity index (χ2v) is 4.42. The van der Waals surface area contributed by atoms with Gasteiger partial charge in [0.2, 0.25) is 0 Å². The first kappa shape index (κ1) is 10.8. The molecule has 0 saturated carbocycles. The Balaban J connectivity index is 2.01. The Morgan fingerprint density at radius 3 is 2.95 bits per heavy atom. The number of benzene rings is 1. The van der Waals surface area contributed by atoms with Crippen LogP contribution in [0.5, 0.6) is 0 Å². The fourth-order valence-electron chi connectivity index (χ4n) is 2.30. The van der Waals surface area contributed by atoms with Gasteiger partial charge in [-0.1, -0.05) is 18.2 Å². The van der Waals surface area contributed by atoms with Crippen molar-refractivity contribution in [3.8, 4) is 17.5 Å². The standard InChI is InChI=1S/C15H8N4O/c16-8-10-5-6-19-14(7-10)17-18-15(19)12-9-20-13-4-2-1-3-11(12)13/h1-7,9H. The number of rotatable bonds is 1. The zero-order valence-corrected chi connectivity index (χ0v) is 10.3. The summed E-state index contributed by atoms with van der Waals surface area (Å²) in [4.78, 5) is 0. The highest BCUT2D eigenvalue weighted by Crippen LogP contribution is 2.29. The molecule has 0 bridgehead atoms. The van der Waals surface area contributed by atoms with Crippen LogP contribution in [0.3, 0.4) is 0 Å². The number of nitriles is 1. The van der Waals surface area contributed by atoms with E-state index in [4.69, 9.17) is 9.68 Å². The maximum atomic E-state index is 8.91. The number of aromatic nitrogens is 3. The number of hydrogen-bond acceptors (Lipinski definition) is 4. The van der Waals surface area contributed by atoms with Crippen LogP contribution in [0.2, 0.25) is 0 Å². The molecule has 4 aromatic rings. The highest BCUT2D eigenvalue weighted by atomic mass is 16.3. The van der Waals surface area contributed by atoms with Crippen LogP contribution in [0.4, 0.5) is 0 Å². The molecule has 0 atom stereocenters. The lowest BCUT2D eigenvalue weighted by atomic mass is 10.1. The molecule has 0 fully saturated rings. The Hall–Kier alpha value is -3.13. The van der Waals surface area contributed by atoms with Crippen molar-refractivity contribution in [2.24, 2.45) is 0 Å². The van der Waals surface area contributed by atoms with Gasteiger partial charge in [0.05, 0.1) is 17.2 Å². The minimum atomic E-state index is 0.563. The van der Waals surface area contributed by atoms with Crippen LogP contribution in [0.25, 0.3) is 28.0 Å². The summed E-state index contributed by atoms with van der Waals surface area (Å²) in [6.45, 7) is 0. The van der Waals surface area contributed by atoms with Crippen LogP contribution in [-0.2, 0) is 0 Å². The second kappa shape index (κ2) is 3.93. The molecule has 94 valence electrons. The monoisotopic (exact) mass is 260 g/mol. The third-order valence-electron chi connectivity index (χ3n) is 3.26. The van der Waals surface area contributed by atoms with Crippen LogP contribution < -0.4 is 0 Å². The molecule has 0 N–H and O–H groups in total. The number of furan rings is 1. The molecule has 20 heavy (non-hydrogen) atoms. The summed E-state index contributed by atoms with van der Waals surface area (Å²) in [6.07, 6.45) is 3.48. The number of pyridine rings is 1. The molecule has 0 unspecified atom stereocenters. The summed E-state index contributed by atoms with van der Waals surface area (Å²) >= 11 is 0. The van der Waals surface area contributed by atoms with E-state index in [-0.39, 0.29) is 0 Å². The first-order valence-electron chi connectivity index (χ1n) is 6.08. The van der Waals surface area contributed by atoms with Crippen LogP contribution in [0.1, 0.15) is 5.56 Å². The maximum Gasteiger partial charge on any atom is 0.172 e. The Kier molecular flexibility index (Phi) is 2.12. The second-order valence-electron chi connectivity index (χ2n) is 4.42. The highest BCUT2D eigenvalue weighted by Gasteiger charge is 2.14. The van der Waals surface area contributed by atoms with Gasteiger partial charge in [-0.15, -0.1) is 10.2 Å². The number of para-hydroxylation sites is 1. The lowest BCUT2D eigenvalue weighted by Gasteiger charge is -1.97. The van der Waals surface area contributed by atoms with E-state index in [1.165, 1.54) is 0 Å². The van der Waals surface area contributed by atoms with E-state index in [1.54, 1.807) is 24.6 Å². The van der Waals surface area contributed by atoms with Gasteiger partial charge in [0.25, 0.3) is 0 Å². The minimum Gasteiger partial charge on any atom is -0.464 e. The third-order valence-corrected chi connectivity index (χ3v) is 3.26. The predicted octanol–water partition coefficient (Wildman–Crippen LogP) is 3.01. The molecule has 3 aromatic heterocycles. The largest absolute Gasteiger partial charge is 0.464 e. The summed E-state index contributed by atoms with van der Waals surface area (Å²) in [5, 5.41) is 18.2. The molecule has 1 aromatic carbocycles. The van der Waals surface area contributed by atoms with Crippen molar-refractivity contribution in [1.29, 1.82) is 5.26 Å². The first-order valence-corrected chi connectivity index (χ1v) is 6.08. The van der Waals surface area contributed by atoms with Gasteiger partial charge in [0, 0.05) is 17.6 Å². The van der Waals surface area contributed by atoms with Gasteiger partial charge < -0.3 is 4.42 Å². The number of fused-ring (bicyclic) bond motifs is 2. The van der Waals surface area contributed by atoms with Gasteiger partial charge in [-0.25, -0.2) is 0 Å².